The quantitative estimate of drug-likeness (QED) is 0.384. The number of hydrogen-bond acceptors (Lipinski definition) is 7. The smallest absolute Gasteiger partial charge is 0.270 e. The highest BCUT2D eigenvalue weighted by Crippen LogP contribution is 2.36. The monoisotopic (exact) mass is 607 g/mol. The molecule has 0 bridgehead atoms. The number of amides is 2. The zero-order valence-corrected chi connectivity index (χ0v) is 26.6. The van der Waals surface area contributed by atoms with E-state index in [1.165, 1.54) is 47.0 Å². The second-order valence-electron chi connectivity index (χ2n) is 12.4. The summed E-state index contributed by atoms with van der Waals surface area (Å²) in [6.07, 6.45) is 7.51. The Morgan fingerprint density at radius 2 is 1.73 bits per heavy atom. The first-order chi connectivity index (χ1) is 21.8. The number of carbonyl (C=O) groups excluding carboxylic acids is 2. The molecule has 3 N–H and O–H groups in total. The first kappa shape index (κ1) is 32.0. The molecule has 3 heterocycles. The first-order valence-electron chi connectivity index (χ1n) is 16.1. The van der Waals surface area contributed by atoms with Crippen molar-refractivity contribution in [3.63, 3.8) is 0 Å². The predicted octanol–water partition coefficient (Wildman–Crippen LogP) is 4.86. The Labute approximate surface area is 266 Å². The molecular weight excluding hydrogens is 562 g/mol. The van der Waals surface area contributed by atoms with Crippen LogP contribution in [0.1, 0.15) is 66.3 Å². The van der Waals surface area contributed by atoms with Crippen LogP contribution in [0.4, 0.5) is 11.4 Å². The van der Waals surface area contributed by atoms with E-state index >= 15 is 0 Å². The van der Waals surface area contributed by atoms with Crippen LogP contribution in [0.2, 0.25) is 0 Å². The zero-order chi connectivity index (χ0) is 32.0. The second-order valence-corrected chi connectivity index (χ2v) is 12.4. The number of pyridine rings is 1. The van der Waals surface area contributed by atoms with Crippen molar-refractivity contribution in [2.24, 2.45) is 5.73 Å². The number of benzene rings is 2. The van der Waals surface area contributed by atoms with E-state index in [-0.39, 0.29) is 17.4 Å². The third-order valence-electron chi connectivity index (χ3n) is 9.38. The van der Waals surface area contributed by atoms with Gasteiger partial charge in [-0.05, 0) is 55.3 Å². The number of nitrogens with two attached hydrogens (primary N) is 1. The molecule has 2 aliphatic heterocycles. The maximum atomic E-state index is 13.6. The molecule has 2 amide bonds. The lowest BCUT2D eigenvalue weighted by atomic mass is 9.82. The molecular formula is C36H45N7O2. The molecule has 0 spiro atoms. The number of piperazine rings is 1. The molecule has 3 aliphatic rings. The summed E-state index contributed by atoms with van der Waals surface area (Å²) in [6.45, 7) is 11.9. The highest BCUT2D eigenvalue weighted by atomic mass is 16.2. The van der Waals surface area contributed by atoms with Gasteiger partial charge in [0.15, 0.2) is 0 Å². The van der Waals surface area contributed by atoms with Crippen molar-refractivity contribution in [2.75, 3.05) is 49.1 Å². The van der Waals surface area contributed by atoms with Gasteiger partial charge in [0.1, 0.15) is 5.69 Å². The molecule has 1 aliphatic carbocycles. The second kappa shape index (κ2) is 14.1. The normalized spacial score (nSPS) is 17.4. The van der Waals surface area contributed by atoms with E-state index in [1.54, 1.807) is 6.07 Å². The van der Waals surface area contributed by atoms with Gasteiger partial charge in [0.05, 0.1) is 18.3 Å². The fourth-order valence-corrected chi connectivity index (χ4v) is 6.97. The van der Waals surface area contributed by atoms with Crippen LogP contribution >= 0.6 is 0 Å². The maximum absolute atomic E-state index is 13.6. The van der Waals surface area contributed by atoms with Gasteiger partial charge in [0.2, 0.25) is 5.91 Å². The SMILES string of the molecule is C=CC(=O)N1CCN(c2cc(C(=O)NCC3(N)CCCCC3)nc3c2CCN(c2cccc4cccc(C)c24)C3)CC1.CC#N. The van der Waals surface area contributed by atoms with Gasteiger partial charge in [0.25, 0.3) is 5.91 Å². The van der Waals surface area contributed by atoms with Crippen LogP contribution in [0.3, 0.4) is 0 Å². The molecule has 0 atom stereocenters. The number of rotatable bonds is 6. The van der Waals surface area contributed by atoms with Crippen LogP contribution in [0.5, 0.6) is 0 Å². The third-order valence-corrected chi connectivity index (χ3v) is 9.38. The summed E-state index contributed by atoms with van der Waals surface area (Å²) in [4.78, 5) is 37.3. The van der Waals surface area contributed by atoms with Gasteiger partial charge < -0.3 is 25.8 Å². The number of aryl methyl sites for hydroxylation is 1. The average molecular weight is 608 g/mol. The van der Waals surface area contributed by atoms with E-state index in [2.05, 4.69) is 65.0 Å². The van der Waals surface area contributed by atoms with E-state index < -0.39 is 0 Å². The summed E-state index contributed by atoms with van der Waals surface area (Å²) in [6, 6.07) is 16.6. The van der Waals surface area contributed by atoms with Gasteiger partial charge in [-0.2, -0.15) is 5.26 Å². The van der Waals surface area contributed by atoms with E-state index in [0.29, 0.717) is 45.0 Å². The van der Waals surface area contributed by atoms with Crippen molar-refractivity contribution in [2.45, 2.75) is 64.5 Å². The summed E-state index contributed by atoms with van der Waals surface area (Å²) in [5.74, 6) is -0.209. The Bertz CT molecular complexity index is 1590. The van der Waals surface area contributed by atoms with E-state index in [9.17, 15) is 9.59 Å². The summed E-state index contributed by atoms with van der Waals surface area (Å²) in [7, 11) is 0. The largest absolute Gasteiger partial charge is 0.368 e. The number of aromatic nitrogens is 1. The van der Waals surface area contributed by atoms with Gasteiger partial charge in [0, 0.05) is 74.1 Å². The molecule has 1 aromatic heterocycles. The minimum Gasteiger partial charge on any atom is -0.368 e. The average Bonchev–Trinajstić information content (AvgIpc) is 3.07. The van der Waals surface area contributed by atoms with Crippen LogP contribution in [0.25, 0.3) is 10.8 Å². The number of nitrogens with one attached hydrogen (secondary N) is 1. The lowest BCUT2D eigenvalue weighted by molar-refractivity contribution is -0.126. The number of anilines is 2. The highest BCUT2D eigenvalue weighted by molar-refractivity contribution is 5.97. The molecule has 236 valence electrons. The Balaban J connectivity index is 0.00000128. The molecule has 0 radical (unpaired) electrons. The van der Waals surface area contributed by atoms with Crippen LogP contribution in [-0.4, -0.2) is 66.5 Å². The molecule has 2 aromatic carbocycles. The van der Waals surface area contributed by atoms with Gasteiger partial charge in [-0.15, -0.1) is 0 Å². The molecule has 9 nitrogen and oxygen atoms in total. The van der Waals surface area contributed by atoms with Crippen molar-refractivity contribution < 1.29 is 9.59 Å². The summed E-state index contributed by atoms with van der Waals surface area (Å²) >= 11 is 0. The Morgan fingerprint density at radius 1 is 1.04 bits per heavy atom. The molecule has 1 saturated carbocycles. The molecule has 45 heavy (non-hydrogen) atoms. The van der Waals surface area contributed by atoms with Crippen LogP contribution in [0.15, 0.2) is 55.1 Å². The van der Waals surface area contributed by atoms with E-state index in [1.807, 2.05) is 11.0 Å². The zero-order valence-electron chi connectivity index (χ0n) is 26.6. The molecule has 9 heteroatoms. The van der Waals surface area contributed by atoms with Crippen LogP contribution in [-0.2, 0) is 17.8 Å². The molecule has 0 unspecified atom stereocenters. The fraction of sp³-hybridized carbons (Fsp3) is 0.444. The van der Waals surface area contributed by atoms with Crippen molar-refractivity contribution in [1.82, 2.24) is 15.2 Å². The lowest BCUT2D eigenvalue weighted by Gasteiger charge is -2.39. The van der Waals surface area contributed by atoms with Gasteiger partial charge in [-0.1, -0.05) is 56.2 Å². The van der Waals surface area contributed by atoms with Crippen molar-refractivity contribution >= 4 is 34.0 Å². The van der Waals surface area contributed by atoms with E-state index in [4.69, 9.17) is 16.0 Å². The van der Waals surface area contributed by atoms with Crippen LogP contribution < -0.4 is 20.9 Å². The van der Waals surface area contributed by atoms with Crippen molar-refractivity contribution in [1.29, 1.82) is 5.26 Å². The Kier molecular flexibility index (Phi) is 10.0. The van der Waals surface area contributed by atoms with Crippen molar-refractivity contribution in [3.05, 3.63) is 77.6 Å². The minimum absolute atomic E-state index is 0.0362. The summed E-state index contributed by atoms with van der Waals surface area (Å²) < 4.78 is 0. The standard InChI is InChI=1S/C34H42N6O2.C2H3N/c1-3-31(41)39-19-17-38(18-20-39)30-21-27(33(42)36-23-34(35)14-5-4-6-15-34)37-28-22-40(16-13-26(28)30)29-12-8-11-25-10-7-9-24(2)32(25)29;1-2-3/h3,7-12,21H,1,4-6,13-20,22-23,35H2,2H3,(H,36,42);1H3. The fourth-order valence-electron chi connectivity index (χ4n) is 6.97. The van der Waals surface area contributed by atoms with Crippen molar-refractivity contribution in [3.8, 4) is 6.07 Å². The molecule has 3 aromatic rings. The molecule has 2 fully saturated rings. The molecule has 1 saturated heterocycles. The summed E-state index contributed by atoms with van der Waals surface area (Å²) in [5.41, 5.74) is 12.4. The Morgan fingerprint density at radius 3 is 2.42 bits per heavy atom. The number of nitriles is 1. The number of hydrogen-bond donors (Lipinski definition) is 2. The first-order valence-corrected chi connectivity index (χ1v) is 16.1. The highest BCUT2D eigenvalue weighted by Gasteiger charge is 2.31. The number of carbonyl (C=O) groups is 2. The Hall–Kier alpha value is -4.42. The van der Waals surface area contributed by atoms with E-state index in [0.717, 1.165) is 50.0 Å². The summed E-state index contributed by atoms with van der Waals surface area (Å²) in [5, 5.41) is 12.9. The maximum Gasteiger partial charge on any atom is 0.270 e. The third kappa shape index (κ3) is 7.12. The number of nitrogens with zero attached hydrogens (tertiary/aromatic N) is 5. The number of fused-ring (bicyclic) bond motifs is 2. The van der Waals surface area contributed by atoms with Crippen LogP contribution in [0, 0.1) is 18.3 Å². The van der Waals surface area contributed by atoms with Gasteiger partial charge in [-0.25, -0.2) is 4.98 Å². The lowest BCUT2D eigenvalue weighted by Crippen LogP contribution is -2.51. The topological polar surface area (TPSA) is 119 Å². The molecule has 6 rings (SSSR count). The minimum atomic E-state index is -0.345. The predicted molar refractivity (Wildman–Crippen MR) is 180 cm³/mol. The van der Waals surface area contributed by atoms with Gasteiger partial charge in [-0.3, -0.25) is 9.59 Å². The van der Waals surface area contributed by atoms with Gasteiger partial charge >= 0.3 is 0 Å².